The first-order chi connectivity index (χ1) is 8.84. The molecule has 18 heavy (non-hydrogen) atoms. The minimum Gasteiger partial charge on any atom is -0.489 e. The average molecular weight is 251 g/mol. The van der Waals surface area contributed by atoms with Gasteiger partial charge in [0.05, 0.1) is 13.2 Å². The minimum atomic E-state index is -0.309. The number of benzene rings is 1. The fraction of sp³-hybridized carbons (Fsp3) is 0.571. The molecule has 1 aromatic rings. The van der Waals surface area contributed by atoms with Gasteiger partial charge in [-0.2, -0.15) is 0 Å². The second-order valence-corrected chi connectivity index (χ2v) is 4.88. The summed E-state index contributed by atoms with van der Waals surface area (Å²) >= 11 is 0. The van der Waals surface area contributed by atoms with E-state index in [0.29, 0.717) is 19.0 Å². The zero-order valence-corrected chi connectivity index (χ0v) is 10.4. The second-order valence-electron chi connectivity index (χ2n) is 4.88. The van der Waals surface area contributed by atoms with E-state index in [1.54, 1.807) is 6.07 Å². The Morgan fingerprint density at radius 3 is 2.83 bits per heavy atom. The monoisotopic (exact) mass is 251 g/mol. The molecule has 0 aliphatic carbocycles. The van der Waals surface area contributed by atoms with Crippen molar-refractivity contribution < 1.29 is 13.9 Å². The summed E-state index contributed by atoms with van der Waals surface area (Å²) in [6.45, 7) is 2.11. The molecule has 0 radical (unpaired) electrons. The molecule has 1 fully saturated rings. The molecule has 3 nitrogen and oxygen atoms in total. The van der Waals surface area contributed by atoms with Crippen LogP contribution in [0.15, 0.2) is 12.1 Å². The number of nitrogens with one attached hydrogen (secondary N) is 1. The number of ether oxygens (including phenoxy) is 2. The highest BCUT2D eigenvalue weighted by atomic mass is 19.1. The van der Waals surface area contributed by atoms with Crippen molar-refractivity contribution in [1.82, 2.24) is 5.32 Å². The Hall–Kier alpha value is -1.29. The molecule has 1 aromatic carbocycles. The van der Waals surface area contributed by atoms with E-state index in [-0.39, 0.29) is 17.6 Å². The van der Waals surface area contributed by atoms with E-state index in [9.17, 15) is 4.39 Å². The molecular weight excluding hydrogens is 233 g/mol. The fourth-order valence-electron chi connectivity index (χ4n) is 2.59. The maximum atomic E-state index is 14.0. The predicted molar refractivity (Wildman–Crippen MR) is 66.6 cm³/mol. The molecule has 1 N–H and O–H groups in total. The van der Waals surface area contributed by atoms with E-state index in [1.165, 1.54) is 12.8 Å². The maximum Gasteiger partial charge on any atom is 0.197 e. The number of rotatable bonds is 1. The van der Waals surface area contributed by atoms with Crippen LogP contribution in [0, 0.1) is 5.82 Å². The normalized spacial score (nSPS) is 23.5. The van der Waals surface area contributed by atoms with Gasteiger partial charge in [-0.25, -0.2) is 4.39 Å². The lowest BCUT2D eigenvalue weighted by atomic mass is 9.97. The van der Waals surface area contributed by atoms with Gasteiger partial charge in [0.1, 0.15) is 0 Å². The van der Waals surface area contributed by atoms with Gasteiger partial charge in [0.25, 0.3) is 0 Å². The third kappa shape index (κ3) is 2.29. The van der Waals surface area contributed by atoms with Crippen molar-refractivity contribution in [3.8, 4) is 11.5 Å². The largest absolute Gasteiger partial charge is 0.489 e. The highest BCUT2D eigenvalue weighted by Gasteiger charge is 2.21. The second kappa shape index (κ2) is 5.14. The number of piperidine rings is 1. The molecule has 2 heterocycles. The van der Waals surface area contributed by atoms with Gasteiger partial charge in [0.15, 0.2) is 17.3 Å². The van der Waals surface area contributed by atoms with Gasteiger partial charge in [-0.15, -0.1) is 0 Å². The number of hydrogen-bond acceptors (Lipinski definition) is 3. The number of hydrogen-bond donors (Lipinski definition) is 1. The van der Waals surface area contributed by atoms with Crippen LogP contribution in [0.3, 0.4) is 0 Å². The summed E-state index contributed by atoms with van der Waals surface area (Å²) in [5, 5.41) is 3.42. The molecule has 0 bridgehead atoms. The lowest BCUT2D eigenvalue weighted by Gasteiger charge is -2.24. The molecule has 1 atom stereocenters. The van der Waals surface area contributed by atoms with Crippen molar-refractivity contribution in [1.29, 1.82) is 0 Å². The molecule has 0 spiro atoms. The van der Waals surface area contributed by atoms with Crippen LogP contribution in [-0.4, -0.2) is 19.8 Å². The fourth-order valence-corrected chi connectivity index (χ4v) is 2.59. The third-order valence-electron chi connectivity index (χ3n) is 3.54. The lowest BCUT2D eigenvalue weighted by Crippen LogP contribution is -2.26. The Morgan fingerprint density at radius 1 is 1.11 bits per heavy atom. The Labute approximate surface area is 106 Å². The SMILES string of the molecule is Fc1cc(C2CCCCN2)cc2c1OCCCO2. The average Bonchev–Trinajstić information content (AvgIpc) is 2.65. The smallest absolute Gasteiger partial charge is 0.197 e. The standard InChI is InChI=1S/C14H18FNO2/c15-11-8-10(12-4-1-2-5-16-12)9-13-14(11)18-7-3-6-17-13/h8-9,12,16H,1-7H2. The van der Waals surface area contributed by atoms with Crippen molar-refractivity contribution in [2.45, 2.75) is 31.7 Å². The molecular formula is C14H18FNO2. The summed E-state index contributed by atoms with van der Waals surface area (Å²) in [6.07, 6.45) is 4.24. The van der Waals surface area contributed by atoms with Crippen molar-refractivity contribution in [3.63, 3.8) is 0 Å². The summed E-state index contributed by atoms with van der Waals surface area (Å²) < 4.78 is 25.0. The van der Waals surface area contributed by atoms with Crippen LogP contribution in [0.4, 0.5) is 4.39 Å². The first-order valence-corrected chi connectivity index (χ1v) is 6.67. The van der Waals surface area contributed by atoms with E-state index in [0.717, 1.165) is 24.9 Å². The summed E-state index contributed by atoms with van der Waals surface area (Å²) in [4.78, 5) is 0. The van der Waals surface area contributed by atoms with E-state index in [2.05, 4.69) is 5.32 Å². The summed E-state index contributed by atoms with van der Waals surface area (Å²) in [5.74, 6) is 0.513. The first-order valence-electron chi connectivity index (χ1n) is 6.67. The van der Waals surface area contributed by atoms with Gasteiger partial charge in [0.2, 0.25) is 0 Å². The maximum absolute atomic E-state index is 14.0. The van der Waals surface area contributed by atoms with Crippen molar-refractivity contribution in [3.05, 3.63) is 23.5 Å². The molecule has 1 saturated heterocycles. The molecule has 0 amide bonds. The van der Waals surface area contributed by atoms with Crippen LogP contribution in [0.2, 0.25) is 0 Å². The van der Waals surface area contributed by atoms with Crippen LogP contribution in [0.25, 0.3) is 0 Å². The summed E-state index contributed by atoms with van der Waals surface area (Å²) in [6, 6.07) is 3.74. The topological polar surface area (TPSA) is 30.5 Å². The van der Waals surface area contributed by atoms with Crippen molar-refractivity contribution in [2.75, 3.05) is 19.8 Å². The lowest BCUT2D eigenvalue weighted by molar-refractivity contribution is 0.292. The zero-order valence-electron chi connectivity index (χ0n) is 10.4. The molecule has 0 aromatic heterocycles. The molecule has 1 unspecified atom stereocenters. The van der Waals surface area contributed by atoms with Gasteiger partial charge in [-0.3, -0.25) is 0 Å². The minimum absolute atomic E-state index is 0.241. The molecule has 2 aliphatic rings. The van der Waals surface area contributed by atoms with Crippen LogP contribution in [0.1, 0.15) is 37.3 Å². The van der Waals surface area contributed by atoms with Crippen molar-refractivity contribution >= 4 is 0 Å². The van der Waals surface area contributed by atoms with Crippen LogP contribution in [-0.2, 0) is 0 Å². The van der Waals surface area contributed by atoms with Crippen molar-refractivity contribution in [2.24, 2.45) is 0 Å². The molecule has 3 rings (SSSR count). The van der Waals surface area contributed by atoms with Crippen LogP contribution in [0.5, 0.6) is 11.5 Å². The Kier molecular flexibility index (Phi) is 3.37. The van der Waals surface area contributed by atoms with E-state index >= 15 is 0 Å². The molecule has 98 valence electrons. The first kappa shape index (κ1) is 11.8. The molecule has 0 saturated carbocycles. The van der Waals surface area contributed by atoms with Gasteiger partial charge in [-0.1, -0.05) is 6.42 Å². The highest BCUT2D eigenvalue weighted by molar-refractivity contribution is 5.45. The number of fused-ring (bicyclic) bond motifs is 1. The van der Waals surface area contributed by atoms with Gasteiger partial charge >= 0.3 is 0 Å². The Balaban J connectivity index is 1.91. The Morgan fingerprint density at radius 2 is 2.00 bits per heavy atom. The predicted octanol–water partition coefficient (Wildman–Crippen LogP) is 2.80. The van der Waals surface area contributed by atoms with Crippen LogP contribution >= 0.6 is 0 Å². The third-order valence-corrected chi connectivity index (χ3v) is 3.54. The van der Waals surface area contributed by atoms with E-state index in [4.69, 9.17) is 9.47 Å². The number of halogens is 1. The summed E-state index contributed by atoms with van der Waals surface area (Å²) in [5.41, 5.74) is 0.969. The zero-order chi connectivity index (χ0) is 12.4. The Bertz CT molecular complexity index is 430. The quantitative estimate of drug-likeness (QED) is 0.832. The molecule has 2 aliphatic heterocycles. The van der Waals surface area contributed by atoms with Gasteiger partial charge < -0.3 is 14.8 Å². The summed E-state index contributed by atoms with van der Waals surface area (Å²) in [7, 11) is 0. The highest BCUT2D eigenvalue weighted by Crippen LogP contribution is 2.36. The van der Waals surface area contributed by atoms with Gasteiger partial charge in [-0.05, 0) is 37.1 Å². The van der Waals surface area contributed by atoms with Gasteiger partial charge in [0, 0.05) is 12.5 Å². The van der Waals surface area contributed by atoms with E-state index < -0.39 is 0 Å². The molecule has 4 heteroatoms. The van der Waals surface area contributed by atoms with E-state index in [1.807, 2.05) is 6.07 Å². The van der Waals surface area contributed by atoms with Crippen LogP contribution < -0.4 is 14.8 Å².